The normalized spacial score (nSPS) is 17.1. The Hall–Kier alpha value is -1.06. The second-order valence-electron chi connectivity index (χ2n) is 5.42. The van der Waals surface area contributed by atoms with Crippen molar-refractivity contribution in [3.05, 3.63) is 35.4 Å². The van der Waals surface area contributed by atoms with E-state index in [2.05, 4.69) is 11.8 Å². The average molecular weight is 295 g/mol. The Bertz CT molecular complexity index is 456. The van der Waals surface area contributed by atoms with Crippen LogP contribution in [0.3, 0.4) is 0 Å². The number of halogens is 1. The number of nitrogens with zero attached hydrogens (tertiary/aromatic N) is 2. The van der Waals surface area contributed by atoms with Gasteiger partial charge in [-0.05, 0) is 37.1 Å². The van der Waals surface area contributed by atoms with E-state index < -0.39 is 0 Å². The smallest absolute Gasteiger partial charge is 0.253 e. The molecule has 0 radical (unpaired) electrons. The van der Waals surface area contributed by atoms with E-state index in [1.165, 1.54) is 0 Å². The number of carbonyl (C=O) groups excluding carboxylic acids is 1. The van der Waals surface area contributed by atoms with Gasteiger partial charge in [0.05, 0.1) is 0 Å². The molecule has 1 aromatic carbocycles. The number of benzene rings is 1. The van der Waals surface area contributed by atoms with Crippen LogP contribution in [0.25, 0.3) is 0 Å². The van der Waals surface area contributed by atoms with Gasteiger partial charge in [0.1, 0.15) is 0 Å². The summed E-state index contributed by atoms with van der Waals surface area (Å²) in [5.41, 5.74) is 1.73. The Kier molecular flexibility index (Phi) is 5.44. The largest absolute Gasteiger partial charge is 0.339 e. The van der Waals surface area contributed by atoms with Crippen molar-refractivity contribution in [2.75, 3.05) is 26.7 Å². The topological polar surface area (TPSA) is 23.6 Å². The first-order valence-electron chi connectivity index (χ1n) is 7.30. The number of carbonyl (C=O) groups is 1. The molecule has 3 nitrogen and oxygen atoms in total. The molecular weight excluding hydrogens is 272 g/mol. The minimum Gasteiger partial charge on any atom is -0.339 e. The predicted molar refractivity (Wildman–Crippen MR) is 83.2 cm³/mol. The van der Waals surface area contributed by atoms with Crippen LogP contribution in [0.5, 0.6) is 0 Å². The summed E-state index contributed by atoms with van der Waals surface area (Å²) in [5.74, 6) is 0.548. The molecule has 1 saturated heterocycles. The van der Waals surface area contributed by atoms with Crippen LogP contribution in [0, 0.1) is 0 Å². The number of alkyl halides is 1. The summed E-state index contributed by atoms with van der Waals surface area (Å²) in [5, 5.41) is 0. The van der Waals surface area contributed by atoms with Crippen molar-refractivity contribution in [3.8, 4) is 0 Å². The molecule has 0 aromatic heterocycles. The number of piperidine rings is 1. The highest BCUT2D eigenvalue weighted by molar-refractivity contribution is 6.17. The lowest BCUT2D eigenvalue weighted by Gasteiger charge is -2.36. The standard InChI is InChI=1S/C16H23ClN2O/c1-3-19-9-7-15(8-10-19)18(2)16(20)14-6-4-5-13(11-14)12-17/h4-6,11,15H,3,7-10,12H2,1-2H3. The predicted octanol–water partition coefficient (Wildman–Crippen LogP) is 2.98. The minimum absolute atomic E-state index is 0.104. The molecule has 0 spiro atoms. The summed E-state index contributed by atoms with van der Waals surface area (Å²) >= 11 is 5.83. The SMILES string of the molecule is CCN1CCC(N(C)C(=O)c2cccc(CCl)c2)CC1. The number of amides is 1. The Morgan fingerprint density at radius 2 is 2.10 bits per heavy atom. The third kappa shape index (κ3) is 3.53. The number of hydrogen-bond donors (Lipinski definition) is 0. The molecule has 0 atom stereocenters. The van der Waals surface area contributed by atoms with Crippen molar-refractivity contribution in [2.45, 2.75) is 31.7 Å². The molecule has 1 aromatic rings. The number of likely N-dealkylation sites (tertiary alicyclic amines) is 1. The van der Waals surface area contributed by atoms with Gasteiger partial charge >= 0.3 is 0 Å². The summed E-state index contributed by atoms with van der Waals surface area (Å²) in [6.07, 6.45) is 2.12. The number of hydrogen-bond acceptors (Lipinski definition) is 2. The van der Waals surface area contributed by atoms with E-state index in [0.717, 1.165) is 43.6 Å². The van der Waals surface area contributed by atoms with Gasteiger partial charge in [-0.25, -0.2) is 0 Å². The van der Waals surface area contributed by atoms with Gasteiger partial charge in [-0.2, -0.15) is 0 Å². The molecule has 1 aliphatic rings. The van der Waals surface area contributed by atoms with Crippen molar-refractivity contribution in [3.63, 3.8) is 0 Å². The van der Waals surface area contributed by atoms with Crippen LogP contribution in [0.4, 0.5) is 0 Å². The zero-order valence-electron chi connectivity index (χ0n) is 12.3. The van der Waals surface area contributed by atoms with Crippen molar-refractivity contribution < 1.29 is 4.79 Å². The molecule has 20 heavy (non-hydrogen) atoms. The summed E-state index contributed by atoms with van der Waals surface area (Å²) in [4.78, 5) is 16.9. The fraction of sp³-hybridized carbons (Fsp3) is 0.562. The van der Waals surface area contributed by atoms with Crippen LogP contribution in [0.2, 0.25) is 0 Å². The first-order valence-corrected chi connectivity index (χ1v) is 7.83. The molecule has 1 heterocycles. The van der Waals surface area contributed by atoms with E-state index in [9.17, 15) is 4.79 Å². The molecule has 0 aliphatic carbocycles. The maximum absolute atomic E-state index is 12.5. The van der Waals surface area contributed by atoms with E-state index >= 15 is 0 Å². The molecule has 1 amide bonds. The van der Waals surface area contributed by atoms with Gasteiger partial charge in [-0.1, -0.05) is 19.1 Å². The molecule has 1 fully saturated rings. The highest BCUT2D eigenvalue weighted by atomic mass is 35.5. The maximum Gasteiger partial charge on any atom is 0.253 e. The molecule has 2 rings (SSSR count). The Morgan fingerprint density at radius 1 is 1.40 bits per heavy atom. The first-order chi connectivity index (χ1) is 9.65. The highest BCUT2D eigenvalue weighted by Crippen LogP contribution is 2.18. The molecule has 0 saturated carbocycles. The second-order valence-corrected chi connectivity index (χ2v) is 5.68. The third-order valence-corrected chi connectivity index (χ3v) is 4.51. The molecule has 4 heteroatoms. The van der Waals surface area contributed by atoms with Crippen molar-refractivity contribution in [2.24, 2.45) is 0 Å². The molecular formula is C16H23ClN2O. The van der Waals surface area contributed by atoms with E-state index in [4.69, 9.17) is 11.6 Å². The lowest BCUT2D eigenvalue weighted by atomic mass is 10.0. The fourth-order valence-electron chi connectivity index (χ4n) is 2.78. The van der Waals surface area contributed by atoms with Crippen LogP contribution in [0.15, 0.2) is 24.3 Å². The minimum atomic E-state index is 0.104. The van der Waals surface area contributed by atoms with Gasteiger partial charge in [0.15, 0.2) is 0 Å². The third-order valence-electron chi connectivity index (χ3n) is 4.20. The van der Waals surface area contributed by atoms with Crippen LogP contribution in [-0.4, -0.2) is 48.4 Å². The van der Waals surface area contributed by atoms with Gasteiger partial charge < -0.3 is 9.80 Å². The zero-order chi connectivity index (χ0) is 14.5. The maximum atomic E-state index is 12.5. The molecule has 0 unspecified atom stereocenters. The molecule has 0 N–H and O–H groups in total. The Morgan fingerprint density at radius 3 is 2.70 bits per heavy atom. The van der Waals surface area contributed by atoms with Gasteiger partial charge in [-0.3, -0.25) is 4.79 Å². The quantitative estimate of drug-likeness (QED) is 0.797. The van der Waals surface area contributed by atoms with E-state index in [-0.39, 0.29) is 5.91 Å². The summed E-state index contributed by atoms with van der Waals surface area (Å²) in [6, 6.07) is 7.97. The summed E-state index contributed by atoms with van der Waals surface area (Å²) < 4.78 is 0. The van der Waals surface area contributed by atoms with Crippen molar-refractivity contribution >= 4 is 17.5 Å². The average Bonchev–Trinajstić information content (AvgIpc) is 2.53. The lowest BCUT2D eigenvalue weighted by molar-refractivity contribution is 0.0647. The van der Waals surface area contributed by atoms with E-state index in [1.54, 1.807) is 0 Å². The van der Waals surface area contributed by atoms with E-state index in [0.29, 0.717) is 11.9 Å². The Balaban J connectivity index is 2.01. The van der Waals surface area contributed by atoms with Crippen LogP contribution < -0.4 is 0 Å². The van der Waals surface area contributed by atoms with Crippen molar-refractivity contribution in [1.82, 2.24) is 9.80 Å². The van der Waals surface area contributed by atoms with Crippen LogP contribution in [-0.2, 0) is 5.88 Å². The monoisotopic (exact) mass is 294 g/mol. The summed E-state index contributed by atoms with van der Waals surface area (Å²) in [6.45, 7) is 5.45. The van der Waals surface area contributed by atoms with E-state index in [1.807, 2.05) is 36.2 Å². The Labute approximate surface area is 126 Å². The van der Waals surface area contributed by atoms with Gasteiger partial charge in [-0.15, -0.1) is 11.6 Å². The second kappa shape index (κ2) is 7.09. The molecule has 1 aliphatic heterocycles. The van der Waals surface area contributed by atoms with Crippen LogP contribution in [0.1, 0.15) is 35.7 Å². The van der Waals surface area contributed by atoms with Gasteiger partial charge in [0.25, 0.3) is 5.91 Å². The van der Waals surface area contributed by atoms with Crippen LogP contribution >= 0.6 is 11.6 Å². The lowest BCUT2D eigenvalue weighted by Crippen LogP contribution is -2.45. The van der Waals surface area contributed by atoms with Crippen molar-refractivity contribution in [1.29, 1.82) is 0 Å². The molecule has 0 bridgehead atoms. The highest BCUT2D eigenvalue weighted by Gasteiger charge is 2.25. The summed E-state index contributed by atoms with van der Waals surface area (Å²) in [7, 11) is 1.92. The molecule has 110 valence electrons. The fourth-order valence-corrected chi connectivity index (χ4v) is 2.95. The first kappa shape index (κ1) is 15.3. The number of rotatable bonds is 4. The zero-order valence-corrected chi connectivity index (χ0v) is 13.1. The van der Waals surface area contributed by atoms with Gasteiger partial charge in [0, 0.05) is 37.6 Å². The van der Waals surface area contributed by atoms with Gasteiger partial charge in [0.2, 0.25) is 0 Å².